The minimum absolute atomic E-state index is 0.515. The molecule has 1 aliphatic rings. The fourth-order valence-corrected chi connectivity index (χ4v) is 2.29. The van der Waals surface area contributed by atoms with E-state index in [2.05, 4.69) is 15.9 Å². The number of alkyl halides is 1. The van der Waals surface area contributed by atoms with Gasteiger partial charge < -0.3 is 0 Å². The van der Waals surface area contributed by atoms with E-state index in [4.69, 9.17) is 0 Å². The van der Waals surface area contributed by atoms with Gasteiger partial charge in [-0.3, -0.25) is 29.0 Å². The Hall–Kier alpha value is -1.24. The number of imide groups is 2. The van der Waals surface area contributed by atoms with Gasteiger partial charge in [-0.25, -0.2) is 0 Å². The first-order valence-electron chi connectivity index (χ1n) is 4.60. The Labute approximate surface area is 101 Å². The lowest BCUT2D eigenvalue weighted by Gasteiger charge is -2.38. The summed E-state index contributed by atoms with van der Waals surface area (Å²) in [5.74, 6) is -2.22. The summed E-state index contributed by atoms with van der Waals surface area (Å²) in [6.45, 7) is 3.80. The lowest BCUT2D eigenvalue weighted by atomic mass is 10.1. The third-order valence-electron chi connectivity index (χ3n) is 2.33. The maximum absolute atomic E-state index is 11.8. The molecular formula is C9H11BrN2O4. The highest BCUT2D eigenvalue weighted by Crippen LogP contribution is 2.22. The first-order chi connectivity index (χ1) is 7.29. The molecule has 0 bridgehead atoms. The Bertz CT molecular complexity index is 346. The lowest BCUT2D eigenvalue weighted by Crippen LogP contribution is -2.64. The average Bonchev–Trinajstić information content (AvgIpc) is 2.14. The molecule has 0 aromatic carbocycles. The lowest BCUT2D eigenvalue weighted by molar-refractivity contribution is -0.166. The summed E-state index contributed by atoms with van der Waals surface area (Å²) in [5.41, 5.74) is 0. The SMILES string of the molecule is CC(=O)N1C(=O)[C@H](C)N(C(C)=O)C(=O)C1Br. The van der Waals surface area contributed by atoms with Crippen molar-refractivity contribution >= 4 is 39.6 Å². The molecule has 0 aromatic rings. The molecule has 0 aliphatic carbocycles. The van der Waals surface area contributed by atoms with E-state index in [9.17, 15) is 19.2 Å². The van der Waals surface area contributed by atoms with E-state index >= 15 is 0 Å². The van der Waals surface area contributed by atoms with Crippen molar-refractivity contribution in [2.45, 2.75) is 31.8 Å². The first-order valence-corrected chi connectivity index (χ1v) is 5.52. The molecule has 1 unspecified atom stereocenters. The number of carbonyl (C=O) groups is 4. The number of halogens is 1. The second kappa shape index (κ2) is 4.32. The fraction of sp³-hybridized carbons (Fsp3) is 0.556. The van der Waals surface area contributed by atoms with Crippen molar-refractivity contribution in [1.82, 2.24) is 9.80 Å². The Morgan fingerprint density at radius 2 is 1.50 bits per heavy atom. The van der Waals surface area contributed by atoms with Crippen LogP contribution >= 0.6 is 15.9 Å². The van der Waals surface area contributed by atoms with Crippen molar-refractivity contribution in [3.8, 4) is 0 Å². The topological polar surface area (TPSA) is 74.8 Å². The second-order valence-corrected chi connectivity index (χ2v) is 4.33. The number of piperazine rings is 1. The summed E-state index contributed by atoms with van der Waals surface area (Å²) >= 11 is 2.94. The van der Waals surface area contributed by atoms with Crippen LogP contribution in [0, 0.1) is 0 Å². The van der Waals surface area contributed by atoms with E-state index in [1.807, 2.05) is 0 Å². The zero-order valence-corrected chi connectivity index (χ0v) is 10.6. The molecule has 1 aliphatic heterocycles. The van der Waals surface area contributed by atoms with Crippen LogP contribution in [0.1, 0.15) is 20.8 Å². The quantitative estimate of drug-likeness (QED) is 0.460. The molecular weight excluding hydrogens is 280 g/mol. The summed E-state index contributed by atoms with van der Waals surface area (Å²) in [4.78, 5) is 46.5. The van der Waals surface area contributed by atoms with Gasteiger partial charge in [0.15, 0.2) is 4.95 Å². The van der Waals surface area contributed by atoms with Crippen LogP contribution in [-0.4, -0.2) is 44.4 Å². The highest BCUT2D eigenvalue weighted by Gasteiger charge is 2.46. The predicted molar refractivity (Wildman–Crippen MR) is 57.2 cm³/mol. The second-order valence-electron chi connectivity index (χ2n) is 3.47. The van der Waals surface area contributed by atoms with Gasteiger partial charge in [0, 0.05) is 13.8 Å². The van der Waals surface area contributed by atoms with Gasteiger partial charge in [0.05, 0.1) is 0 Å². The number of hydrogen-bond donors (Lipinski definition) is 0. The van der Waals surface area contributed by atoms with E-state index < -0.39 is 34.6 Å². The summed E-state index contributed by atoms with van der Waals surface area (Å²) in [6, 6.07) is -0.942. The molecule has 0 radical (unpaired) electrons. The van der Waals surface area contributed by atoms with Crippen LogP contribution in [0.15, 0.2) is 0 Å². The van der Waals surface area contributed by atoms with Gasteiger partial charge in [-0.2, -0.15) is 0 Å². The van der Waals surface area contributed by atoms with Crippen molar-refractivity contribution in [3.63, 3.8) is 0 Å². The number of rotatable bonds is 0. The molecule has 0 saturated carbocycles. The Morgan fingerprint density at radius 3 is 1.88 bits per heavy atom. The molecule has 0 spiro atoms. The van der Waals surface area contributed by atoms with Gasteiger partial charge in [-0.15, -0.1) is 0 Å². The monoisotopic (exact) mass is 290 g/mol. The van der Waals surface area contributed by atoms with Gasteiger partial charge in [-0.05, 0) is 6.92 Å². The fourth-order valence-electron chi connectivity index (χ4n) is 1.58. The van der Waals surface area contributed by atoms with Gasteiger partial charge in [0.2, 0.25) is 11.8 Å². The molecule has 88 valence electrons. The normalized spacial score (nSPS) is 26.0. The zero-order valence-electron chi connectivity index (χ0n) is 9.06. The summed E-state index contributed by atoms with van der Waals surface area (Å²) < 4.78 is 0. The molecule has 1 fully saturated rings. The maximum Gasteiger partial charge on any atom is 0.264 e. The molecule has 4 amide bonds. The minimum Gasteiger partial charge on any atom is -0.275 e. The van der Waals surface area contributed by atoms with Crippen molar-refractivity contribution in [2.75, 3.05) is 0 Å². The number of hydrogen-bond acceptors (Lipinski definition) is 4. The Kier molecular flexibility index (Phi) is 3.47. The molecule has 7 heteroatoms. The van der Waals surface area contributed by atoms with Crippen LogP contribution in [0.5, 0.6) is 0 Å². The molecule has 16 heavy (non-hydrogen) atoms. The van der Waals surface area contributed by atoms with Crippen LogP contribution in [0.25, 0.3) is 0 Å². The standard InChI is InChI=1S/C9H11BrN2O4/c1-4-8(15)12(6(3)14)7(10)9(16)11(4)5(2)13/h4,7H,1-3H3/t4-,7?/m0/s1. The van der Waals surface area contributed by atoms with Crippen LogP contribution in [0.3, 0.4) is 0 Å². The van der Waals surface area contributed by atoms with E-state index in [0.29, 0.717) is 0 Å². The van der Waals surface area contributed by atoms with E-state index in [-0.39, 0.29) is 0 Å². The Morgan fingerprint density at radius 1 is 1.06 bits per heavy atom. The summed E-state index contributed by atoms with van der Waals surface area (Å²) in [5, 5.41) is 0. The molecule has 1 heterocycles. The molecule has 6 nitrogen and oxygen atoms in total. The summed E-state index contributed by atoms with van der Waals surface area (Å²) in [7, 11) is 0. The summed E-state index contributed by atoms with van der Waals surface area (Å²) in [6.07, 6.45) is 0. The van der Waals surface area contributed by atoms with Crippen LogP contribution in [0.2, 0.25) is 0 Å². The van der Waals surface area contributed by atoms with Crippen molar-refractivity contribution in [1.29, 1.82) is 0 Å². The van der Waals surface area contributed by atoms with Crippen LogP contribution < -0.4 is 0 Å². The molecule has 1 saturated heterocycles. The van der Waals surface area contributed by atoms with Gasteiger partial charge >= 0.3 is 0 Å². The predicted octanol–water partition coefficient (Wildman–Crippen LogP) is -0.140. The van der Waals surface area contributed by atoms with Gasteiger partial charge in [0.25, 0.3) is 11.8 Å². The van der Waals surface area contributed by atoms with E-state index in [1.54, 1.807) is 0 Å². The van der Waals surface area contributed by atoms with E-state index in [0.717, 1.165) is 9.80 Å². The first kappa shape index (κ1) is 12.8. The highest BCUT2D eigenvalue weighted by molar-refractivity contribution is 9.10. The van der Waals surface area contributed by atoms with Crippen molar-refractivity contribution in [2.24, 2.45) is 0 Å². The van der Waals surface area contributed by atoms with Gasteiger partial charge in [0.1, 0.15) is 6.04 Å². The zero-order chi connectivity index (χ0) is 12.6. The maximum atomic E-state index is 11.8. The smallest absolute Gasteiger partial charge is 0.264 e. The molecule has 0 N–H and O–H groups in total. The van der Waals surface area contributed by atoms with Crippen molar-refractivity contribution in [3.05, 3.63) is 0 Å². The molecule has 0 aromatic heterocycles. The van der Waals surface area contributed by atoms with Crippen LogP contribution in [0.4, 0.5) is 0 Å². The number of amides is 4. The molecule has 2 atom stereocenters. The average molecular weight is 291 g/mol. The Balaban J connectivity index is 3.14. The number of nitrogens with zero attached hydrogens (tertiary/aromatic N) is 2. The largest absolute Gasteiger partial charge is 0.275 e. The third-order valence-corrected chi connectivity index (χ3v) is 3.13. The third kappa shape index (κ3) is 1.87. The van der Waals surface area contributed by atoms with Crippen LogP contribution in [-0.2, 0) is 19.2 Å². The van der Waals surface area contributed by atoms with Gasteiger partial charge in [-0.1, -0.05) is 15.9 Å². The molecule has 1 rings (SSSR count). The number of carbonyl (C=O) groups excluding carboxylic acids is 4. The van der Waals surface area contributed by atoms with E-state index in [1.165, 1.54) is 20.8 Å². The highest BCUT2D eigenvalue weighted by atomic mass is 79.9. The minimum atomic E-state index is -1.10. The van der Waals surface area contributed by atoms with Crippen molar-refractivity contribution < 1.29 is 19.2 Å².